The van der Waals surface area contributed by atoms with Gasteiger partial charge in [0.05, 0.1) is 11.4 Å². The molecule has 2 nitrogen and oxygen atoms in total. The summed E-state index contributed by atoms with van der Waals surface area (Å²) in [6.45, 7) is 4.40. The number of benzene rings is 3. The Morgan fingerprint density at radius 3 is 2.17 bits per heavy atom. The molecule has 0 aliphatic rings. The highest BCUT2D eigenvalue weighted by Crippen LogP contribution is 2.32. The Kier molecular flexibility index (Phi) is 4.33. The lowest BCUT2D eigenvalue weighted by atomic mass is 10.0. The van der Waals surface area contributed by atoms with Crippen molar-refractivity contribution in [1.82, 2.24) is 0 Å². The molecule has 0 unspecified atom stereocenters. The highest BCUT2D eigenvalue weighted by atomic mass is 14.9. The maximum atomic E-state index is 6.18. The van der Waals surface area contributed by atoms with Gasteiger partial charge in [0.1, 0.15) is 0 Å². The Labute approximate surface area is 138 Å². The average Bonchev–Trinajstić information content (AvgIpc) is 2.58. The van der Waals surface area contributed by atoms with E-state index in [9.17, 15) is 0 Å². The molecule has 0 aliphatic heterocycles. The third-order valence-electron chi connectivity index (χ3n) is 4.01. The molecule has 0 heterocycles. The third-order valence-corrected chi connectivity index (χ3v) is 4.01. The first-order chi connectivity index (χ1) is 11.1. The van der Waals surface area contributed by atoms with Gasteiger partial charge in [-0.25, -0.2) is 0 Å². The Bertz CT molecular complexity index is 792. The zero-order valence-corrected chi connectivity index (χ0v) is 13.6. The predicted molar refractivity (Wildman–Crippen MR) is 100 cm³/mol. The maximum Gasteiger partial charge on any atom is 0.0624 e. The molecular formula is C21H22N2. The summed E-state index contributed by atoms with van der Waals surface area (Å²) < 4.78 is 0. The van der Waals surface area contributed by atoms with Crippen LogP contribution in [0.15, 0.2) is 72.8 Å². The molecule has 0 atom stereocenters. The van der Waals surface area contributed by atoms with Crippen molar-refractivity contribution in [1.29, 1.82) is 0 Å². The summed E-state index contributed by atoms with van der Waals surface area (Å²) in [7, 11) is 0. The molecule has 0 spiro atoms. The zero-order valence-electron chi connectivity index (χ0n) is 13.6. The number of hydrogen-bond acceptors (Lipinski definition) is 2. The predicted octanol–water partition coefficient (Wildman–Crippen LogP) is 5.80. The molecular weight excluding hydrogens is 280 g/mol. The molecule has 0 radical (unpaired) electrons. The number of para-hydroxylation sites is 1. The lowest BCUT2D eigenvalue weighted by Crippen LogP contribution is -2.00. The average molecular weight is 302 g/mol. The third kappa shape index (κ3) is 3.37. The van der Waals surface area contributed by atoms with Crippen LogP contribution in [0, 0.1) is 0 Å². The number of anilines is 3. The Balaban J connectivity index is 1.98. The molecule has 0 aromatic heterocycles. The van der Waals surface area contributed by atoms with E-state index in [0.717, 1.165) is 22.6 Å². The van der Waals surface area contributed by atoms with Gasteiger partial charge in [0.25, 0.3) is 0 Å². The second-order valence-corrected chi connectivity index (χ2v) is 6.04. The van der Waals surface area contributed by atoms with Gasteiger partial charge in [-0.1, -0.05) is 68.4 Å². The Morgan fingerprint density at radius 2 is 1.43 bits per heavy atom. The fraction of sp³-hybridized carbons (Fsp3) is 0.143. The smallest absolute Gasteiger partial charge is 0.0624 e. The molecule has 0 amide bonds. The molecule has 3 N–H and O–H groups in total. The van der Waals surface area contributed by atoms with E-state index in [1.807, 2.05) is 30.3 Å². The molecule has 0 aliphatic carbocycles. The summed E-state index contributed by atoms with van der Waals surface area (Å²) in [6, 6.07) is 24.9. The molecule has 0 fully saturated rings. The van der Waals surface area contributed by atoms with Gasteiger partial charge in [-0.15, -0.1) is 0 Å². The van der Waals surface area contributed by atoms with Crippen molar-refractivity contribution in [2.24, 2.45) is 0 Å². The summed E-state index contributed by atoms with van der Waals surface area (Å²) in [4.78, 5) is 0. The summed E-state index contributed by atoms with van der Waals surface area (Å²) >= 11 is 0. The number of nitrogens with one attached hydrogen (secondary N) is 1. The van der Waals surface area contributed by atoms with Crippen LogP contribution in [0.3, 0.4) is 0 Å². The van der Waals surface area contributed by atoms with E-state index in [0.29, 0.717) is 5.92 Å². The molecule has 0 bridgehead atoms. The van der Waals surface area contributed by atoms with Crippen LogP contribution < -0.4 is 11.1 Å². The van der Waals surface area contributed by atoms with Crippen LogP contribution in [-0.2, 0) is 0 Å². The first-order valence-corrected chi connectivity index (χ1v) is 7.96. The van der Waals surface area contributed by atoms with E-state index in [2.05, 4.69) is 61.6 Å². The monoisotopic (exact) mass is 302 g/mol. The minimum absolute atomic E-state index is 0.456. The second kappa shape index (κ2) is 6.57. The lowest BCUT2D eigenvalue weighted by Gasteiger charge is -2.16. The van der Waals surface area contributed by atoms with Crippen LogP contribution in [0.2, 0.25) is 0 Å². The highest BCUT2D eigenvalue weighted by molar-refractivity contribution is 5.80. The quantitative estimate of drug-likeness (QED) is 0.597. The molecule has 3 aromatic rings. The van der Waals surface area contributed by atoms with Gasteiger partial charge in [-0.3, -0.25) is 0 Å². The minimum Gasteiger partial charge on any atom is -0.397 e. The topological polar surface area (TPSA) is 38.0 Å². The Hall–Kier alpha value is -2.74. The highest BCUT2D eigenvalue weighted by Gasteiger charge is 2.08. The van der Waals surface area contributed by atoms with Crippen molar-refractivity contribution in [3.05, 3.63) is 78.4 Å². The fourth-order valence-electron chi connectivity index (χ4n) is 2.73. The summed E-state index contributed by atoms with van der Waals surface area (Å²) in [5.74, 6) is 0.456. The first kappa shape index (κ1) is 15.2. The summed E-state index contributed by atoms with van der Waals surface area (Å²) in [5.41, 5.74) is 12.6. The van der Waals surface area contributed by atoms with Gasteiger partial charge >= 0.3 is 0 Å². The molecule has 0 saturated carbocycles. The SMILES string of the molecule is CC(C)c1ccccc1Nc1cc(-c2ccccc2)ccc1N. The van der Waals surface area contributed by atoms with Crippen LogP contribution in [0.1, 0.15) is 25.3 Å². The van der Waals surface area contributed by atoms with Crippen molar-refractivity contribution in [3.63, 3.8) is 0 Å². The normalized spacial score (nSPS) is 10.7. The Morgan fingerprint density at radius 1 is 0.739 bits per heavy atom. The van der Waals surface area contributed by atoms with Crippen LogP contribution in [0.4, 0.5) is 17.1 Å². The van der Waals surface area contributed by atoms with Crippen LogP contribution in [0.25, 0.3) is 11.1 Å². The van der Waals surface area contributed by atoms with Crippen molar-refractivity contribution >= 4 is 17.1 Å². The standard InChI is InChI=1S/C21H22N2/c1-15(2)18-10-6-7-11-20(18)23-21-14-17(12-13-19(21)22)16-8-4-3-5-9-16/h3-15,23H,22H2,1-2H3. The van der Waals surface area contributed by atoms with E-state index < -0.39 is 0 Å². The first-order valence-electron chi connectivity index (χ1n) is 7.96. The van der Waals surface area contributed by atoms with Gasteiger partial charge < -0.3 is 11.1 Å². The van der Waals surface area contributed by atoms with E-state index in [-0.39, 0.29) is 0 Å². The number of rotatable bonds is 4. The fourth-order valence-corrected chi connectivity index (χ4v) is 2.73. The van der Waals surface area contributed by atoms with Gasteiger partial charge in [-0.2, -0.15) is 0 Å². The van der Waals surface area contributed by atoms with E-state index in [1.54, 1.807) is 0 Å². The van der Waals surface area contributed by atoms with Crippen LogP contribution >= 0.6 is 0 Å². The summed E-state index contributed by atoms with van der Waals surface area (Å²) in [6.07, 6.45) is 0. The van der Waals surface area contributed by atoms with Gasteiger partial charge in [0.2, 0.25) is 0 Å². The summed E-state index contributed by atoms with van der Waals surface area (Å²) in [5, 5.41) is 3.51. The second-order valence-electron chi connectivity index (χ2n) is 6.04. The van der Waals surface area contributed by atoms with Gasteiger partial charge in [0.15, 0.2) is 0 Å². The molecule has 23 heavy (non-hydrogen) atoms. The molecule has 0 saturated heterocycles. The van der Waals surface area contributed by atoms with Crippen LogP contribution in [0.5, 0.6) is 0 Å². The van der Waals surface area contributed by atoms with E-state index >= 15 is 0 Å². The zero-order chi connectivity index (χ0) is 16.2. The van der Waals surface area contributed by atoms with Crippen molar-refractivity contribution in [2.75, 3.05) is 11.1 Å². The van der Waals surface area contributed by atoms with Gasteiger partial charge in [-0.05, 0) is 40.8 Å². The number of nitrogens with two attached hydrogens (primary N) is 1. The molecule has 3 aromatic carbocycles. The van der Waals surface area contributed by atoms with E-state index in [1.165, 1.54) is 11.1 Å². The number of hydrogen-bond donors (Lipinski definition) is 2. The molecule has 2 heteroatoms. The maximum absolute atomic E-state index is 6.18. The molecule has 116 valence electrons. The number of nitrogen functional groups attached to an aromatic ring is 1. The lowest BCUT2D eigenvalue weighted by molar-refractivity contribution is 0.869. The van der Waals surface area contributed by atoms with Crippen molar-refractivity contribution in [2.45, 2.75) is 19.8 Å². The van der Waals surface area contributed by atoms with E-state index in [4.69, 9.17) is 5.73 Å². The largest absolute Gasteiger partial charge is 0.397 e. The van der Waals surface area contributed by atoms with Crippen molar-refractivity contribution in [3.8, 4) is 11.1 Å². The van der Waals surface area contributed by atoms with Gasteiger partial charge in [0, 0.05) is 5.69 Å². The van der Waals surface area contributed by atoms with Crippen LogP contribution in [-0.4, -0.2) is 0 Å². The molecule has 3 rings (SSSR count). The minimum atomic E-state index is 0.456. The van der Waals surface area contributed by atoms with Crippen molar-refractivity contribution < 1.29 is 0 Å².